The third kappa shape index (κ3) is 5.64. The zero-order chi connectivity index (χ0) is 23.4. The third-order valence-corrected chi connectivity index (χ3v) is 8.26. The van der Waals surface area contributed by atoms with Crippen molar-refractivity contribution in [2.24, 2.45) is 5.92 Å². The summed E-state index contributed by atoms with van der Waals surface area (Å²) >= 11 is 4.47. The number of fused-ring (bicyclic) bond motifs is 1. The van der Waals surface area contributed by atoms with Crippen LogP contribution in [-0.2, 0) is 40.1 Å². The number of thiophene rings is 1. The number of nitrogens with zero attached hydrogens (tertiary/aromatic N) is 4. The van der Waals surface area contributed by atoms with Crippen LogP contribution in [0.15, 0.2) is 15.9 Å². The fraction of sp³-hybridized carbons (Fsp3) is 0.500. The average Bonchev–Trinajstić information content (AvgIpc) is 3.50. The van der Waals surface area contributed by atoms with E-state index in [2.05, 4.69) is 44.3 Å². The molecule has 3 aromatic rings. The SMILES string of the molecule is CCOC(=O)Cc1csc(NC(=O)CSc2nnc(-c3csc4c3CCC(C)C4)n2CC)n1. The van der Waals surface area contributed by atoms with Gasteiger partial charge in [-0.05, 0) is 44.6 Å². The van der Waals surface area contributed by atoms with Crippen molar-refractivity contribution in [3.8, 4) is 11.4 Å². The van der Waals surface area contributed by atoms with Crippen molar-refractivity contribution >= 4 is 51.4 Å². The summed E-state index contributed by atoms with van der Waals surface area (Å²) in [7, 11) is 0. The molecule has 0 radical (unpaired) electrons. The molecular weight excluding hydrogens is 478 g/mol. The van der Waals surface area contributed by atoms with Gasteiger partial charge in [0.25, 0.3) is 0 Å². The van der Waals surface area contributed by atoms with Crippen molar-refractivity contribution < 1.29 is 14.3 Å². The first-order valence-electron chi connectivity index (χ1n) is 11.0. The Morgan fingerprint density at radius 2 is 2.12 bits per heavy atom. The second kappa shape index (κ2) is 10.8. The van der Waals surface area contributed by atoms with E-state index in [1.807, 2.05) is 11.3 Å². The fourth-order valence-electron chi connectivity index (χ4n) is 3.84. The zero-order valence-electron chi connectivity index (χ0n) is 18.9. The Morgan fingerprint density at radius 1 is 1.27 bits per heavy atom. The van der Waals surface area contributed by atoms with Gasteiger partial charge in [-0.1, -0.05) is 18.7 Å². The van der Waals surface area contributed by atoms with Crippen LogP contribution >= 0.6 is 34.4 Å². The van der Waals surface area contributed by atoms with Crippen LogP contribution in [0.3, 0.4) is 0 Å². The molecule has 0 fully saturated rings. The van der Waals surface area contributed by atoms with Crippen LogP contribution in [0.4, 0.5) is 5.13 Å². The molecule has 1 aliphatic carbocycles. The van der Waals surface area contributed by atoms with Gasteiger partial charge in [0.15, 0.2) is 16.1 Å². The molecule has 33 heavy (non-hydrogen) atoms. The van der Waals surface area contributed by atoms with Crippen LogP contribution in [-0.4, -0.2) is 44.0 Å². The molecule has 1 amide bonds. The van der Waals surface area contributed by atoms with Crippen LogP contribution in [0, 0.1) is 5.92 Å². The highest BCUT2D eigenvalue weighted by atomic mass is 32.2. The highest BCUT2D eigenvalue weighted by molar-refractivity contribution is 7.99. The van der Waals surface area contributed by atoms with Gasteiger partial charge in [-0.25, -0.2) is 4.98 Å². The lowest BCUT2D eigenvalue weighted by molar-refractivity contribution is -0.142. The minimum absolute atomic E-state index is 0.0997. The van der Waals surface area contributed by atoms with Crippen molar-refractivity contribution in [3.63, 3.8) is 0 Å². The molecule has 0 aliphatic heterocycles. The predicted octanol–water partition coefficient (Wildman–Crippen LogP) is 4.44. The summed E-state index contributed by atoms with van der Waals surface area (Å²) in [5.74, 6) is 1.32. The van der Waals surface area contributed by atoms with Crippen molar-refractivity contribution in [1.82, 2.24) is 19.7 Å². The standard InChI is InChI=1S/C22H27N5O3S3/c1-4-27-20(16-11-31-17-8-13(3)6-7-15(16)17)25-26-22(27)33-12-18(28)24-21-23-14(10-32-21)9-19(29)30-5-2/h10-11,13H,4-9,12H2,1-3H3,(H,23,24,28). The van der Waals surface area contributed by atoms with Gasteiger partial charge in [-0.15, -0.1) is 32.9 Å². The molecule has 0 aromatic carbocycles. The number of hydrogen-bond acceptors (Lipinski definition) is 9. The molecule has 8 nitrogen and oxygen atoms in total. The highest BCUT2D eigenvalue weighted by Gasteiger charge is 2.24. The molecule has 176 valence electrons. The second-order valence-corrected chi connectivity index (χ2v) is 10.7. The smallest absolute Gasteiger partial charge is 0.311 e. The van der Waals surface area contributed by atoms with Gasteiger partial charge in [0, 0.05) is 27.7 Å². The molecule has 3 aromatic heterocycles. The Hall–Kier alpha value is -2.24. The molecule has 3 heterocycles. The Kier molecular flexibility index (Phi) is 7.82. The average molecular weight is 506 g/mol. The van der Waals surface area contributed by atoms with E-state index in [0.29, 0.717) is 17.4 Å². The minimum atomic E-state index is -0.327. The van der Waals surface area contributed by atoms with Gasteiger partial charge in [-0.3, -0.25) is 9.59 Å². The number of esters is 1. The van der Waals surface area contributed by atoms with Crippen molar-refractivity contribution in [1.29, 1.82) is 0 Å². The van der Waals surface area contributed by atoms with E-state index in [1.165, 1.54) is 45.5 Å². The number of amides is 1. The summed E-state index contributed by atoms with van der Waals surface area (Å²) < 4.78 is 7.01. The number of aromatic nitrogens is 4. The largest absolute Gasteiger partial charge is 0.466 e. The maximum Gasteiger partial charge on any atom is 0.311 e. The molecule has 0 spiro atoms. The van der Waals surface area contributed by atoms with E-state index < -0.39 is 0 Å². The molecule has 0 saturated heterocycles. The van der Waals surface area contributed by atoms with Gasteiger partial charge in [0.2, 0.25) is 5.91 Å². The van der Waals surface area contributed by atoms with Crippen molar-refractivity contribution in [2.45, 2.75) is 58.2 Å². The van der Waals surface area contributed by atoms with E-state index in [9.17, 15) is 9.59 Å². The Bertz CT molecular complexity index is 1140. The number of thiazole rings is 1. The lowest BCUT2D eigenvalue weighted by Crippen LogP contribution is -2.15. The molecule has 1 N–H and O–H groups in total. The van der Waals surface area contributed by atoms with Crippen molar-refractivity contribution in [2.75, 3.05) is 17.7 Å². The normalized spacial score (nSPS) is 15.3. The quantitative estimate of drug-likeness (QED) is 0.339. The lowest BCUT2D eigenvalue weighted by atomic mass is 9.88. The number of carbonyl (C=O) groups excluding carboxylic acids is 2. The monoisotopic (exact) mass is 505 g/mol. The van der Waals surface area contributed by atoms with Crippen molar-refractivity contribution in [3.05, 3.63) is 26.9 Å². The number of nitrogens with one attached hydrogen (secondary N) is 1. The number of anilines is 1. The topological polar surface area (TPSA) is 99.0 Å². The number of ether oxygens (including phenoxy) is 1. The summed E-state index contributed by atoms with van der Waals surface area (Å²) in [5, 5.41) is 16.8. The number of thioether (sulfide) groups is 1. The number of carbonyl (C=O) groups is 2. The maximum atomic E-state index is 12.5. The van der Waals surface area contributed by atoms with E-state index in [-0.39, 0.29) is 24.1 Å². The molecule has 1 aliphatic rings. The summed E-state index contributed by atoms with van der Waals surface area (Å²) in [5.41, 5.74) is 3.19. The first-order valence-corrected chi connectivity index (χ1v) is 13.8. The number of hydrogen-bond donors (Lipinski definition) is 1. The number of rotatable bonds is 9. The van der Waals surface area contributed by atoms with E-state index >= 15 is 0 Å². The van der Waals surface area contributed by atoms with Crippen LogP contribution in [0.5, 0.6) is 0 Å². The van der Waals surface area contributed by atoms with Crippen LogP contribution in [0.2, 0.25) is 0 Å². The zero-order valence-corrected chi connectivity index (χ0v) is 21.4. The summed E-state index contributed by atoms with van der Waals surface area (Å²) in [6.45, 7) is 7.21. The Balaban J connectivity index is 1.38. The Morgan fingerprint density at radius 3 is 2.91 bits per heavy atom. The minimum Gasteiger partial charge on any atom is -0.466 e. The first-order chi connectivity index (χ1) is 16.0. The molecule has 11 heteroatoms. The van der Waals surface area contributed by atoms with E-state index in [0.717, 1.165) is 36.3 Å². The first kappa shape index (κ1) is 23.9. The lowest BCUT2D eigenvalue weighted by Gasteiger charge is -2.19. The van der Waals surface area contributed by atoms with Gasteiger partial charge < -0.3 is 14.6 Å². The van der Waals surface area contributed by atoms with Crippen LogP contribution < -0.4 is 5.32 Å². The fourth-order valence-corrected chi connectivity index (χ4v) is 6.61. The van der Waals surface area contributed by atoms with Crippen LogP contribution in [0.25, 0.3) is 11.4 Å². The Labute approximate surface area is 205 Å². The van der Waals surface area contributed by atoms with Crippen LogP contribution in [0.1, 0.15) is 43.3 Å². The molecule has 1 atom stereocenters. The van der Waals surface area contributed by atoms with E-state index in [1.54, 1.807) is 12.3 Å². The maximum absolute atomic E-state index is 12.5. The predicted molar refractivity (Wildman–Crippen MR) is 132 cm³/mol. The molecule has 0 bridgehead atoms. The molecule has 4 rings (SSSR count). The summed E-state index contributed by atoms with van der Waals surface area (Å²) in [6, 6.07) is 0. The van der Waals surface area contributed by atoms with Gasteiger partial charge in [-0.2, -0.15) is 0 Å². The van der Waals surface area contributed by atoms with Gasteiger partial charge in [0.05, 0.1) is 24.5 Å². The van der Waals surface area contributed by atoms with Gasteiger partial charge >= 0.3 is 5.97 Å². The van der Waals surface area contributed by atoms with E-state index in [4.69, 9.17) is 4.74 Å². The van der Waals surface area contributed by atoms with Gasteiger partial charge in [0.1, 0.15) is 0 Å². The molecular formula is C22H27N5O3S3. The molecule has 0 saturated carbocycles. The molecule has 1 unspecified atom stereocenters. The highest BCUT2D eigenvalue weighted by Crippen LogP contribution is 2.38. The summed E-state index contributed by atoms with van der Waals surface area (Å²) in [4.78, 5) is 29.8. The second-order valence-electron chi connectivity index (χ2n) is 7.91. The third-order valence-electron chi connectivity index (χ3n) is 5.44. The summed E-state index contributed by atoms with van der Waals surface area (Å²) in [6.07, 6.45) is 3.53.